The highest BCUT2D eigenvalue weighted by Crippen LogP contribution is 2.04. The van der Waals surface area contributed by atoms with E-state index in [1.54, 1.807) is 12.3 Å². The number of benzene rings is 1. The largest absolute Gasteiger partial charge is 0.443 e. The summed E-state index contributed by atoms with van der Waals surface area (Å²) in [5.41, 5.74) is 13.7. The van der Waals surface area contributed by atoms with E-state index in [1.807, 2.05) is 31.2 Å². The van der Waals surface area contributed by atoms with Gasteiger partial charge in [0.1, 0.15) is 6.61 Å². The van der Waals surface area contributed by atoms with E-state index in [9.17, 15) is 9.59 Å². The molecule has 10 heteroatoms. The van der Waals surface area contributed by atoms with Gasteiger partial charge in [-0.25, -0.2) is 4.79 Å². The molecule has 2 amide bonds. The van der Waals surface area contributed by atoms with E-state index in [1.165, 1.54) is 5.56 Å². The first-order valence-corrected chi connectivity index (χ1v) is 9.60. The van der Waals surface area contributed by atoms with Crippen LogP contribution in [0.1, 0.15) is 30.2 Å². The van der Waals surface area contributed by atoms with Crippen molar-refractivity contribution in [2.24, 2.45) is 11.5 Å². The van der Waals surface area contributed by atoms with Gasteiger partial charge in [0.25, 0.3) is 0 Å². The van der Waals surface area contributed by atoms with Crippen LogP contribution in [-0.2, 0) is 29.1 Å². The van der Waals surface area contributed by atoms with E-state index in [2.05, 4.69) is 32.5 Å². The van der Waals surface area contributed by atoms with Crippen molar-refractivity contribution in [3.8, 4) is 0 Å². The second-order valence-electron chi connectivity index (χ2n) is 6.90. The Kier molecular flexibility index (Phi) is 14.2. The summed E-state index contributed by atoms with van der Waals surface area (Å²) in [5.74, 6) is -0.110. The summed E-state index contributed by atoms with van der Waals surface area (Å²) < 4.78 is 4.67. The third-order valence-corrected chi connectivity index (χ3v) is 4.44. The molecule has 2 aromatic rings. The molecule has 1 heterocycles. The number of amides is 2. The van der Waals surface area contributed by atoms with E-state index < -0.39 is 6.09 Å². The van der Waals surface area contributed by atoms with Crippen molar-refractivity contribution in [2.45, 2.75) is 45.0 Å². The van der Waals surface area contributed by atoms with Crippen LogP contribution in [0.2, 0.25) is 0 Å². The zero-order chi connectivity index (χ0) is 21.1. The number of aryl methyl sites for hydroxylation is 1. The van der Waals surface area contributed by atoms with Crippen LogP contribution in [0.15, 0.2) is 48.7 Å². The molecule has 0 saturated heterocycles. The summed E-state index contributed by atoms with van der Waals surface area (Å²) in [7, 11) is 0. The molecule has 172 valence electrons. The molecule has 6 N–H and O–H groups in total. The minimum atomic E-state index is -0.843. The fourth-order valence-electron chi connectivity index (χ4n) is 2.65. The fraction of sp³-hybridized carbons (Fsp3) is 0.381. The van der Waals surface area contributed by atoms with Crippen LogP contribution in [0.3, 0.4) is 0 Å². The van der Waals surface area contributed by atoms with E-state index in [4.69, 9.17) is 11.5 Å². The minimum absolute atomic E-state index is 0. The van der Waals surface area contributed by atoms with Crippen molar-refractivity contribution in [3.63, 3.8) is 0 Å². The van der Waals surface area contributed by atoms with E-state index >= 15 is 0 Å². The number of hydrogen-bond acceptors (Lipinski definition) is 6. The molecule has 0 aliphatic heterocycles. The molecule has 0 fully saturated rings. The van der Waals surface area contributed by atoms with Gasteiger partial charge in [0.05, 0.1) is 11.7 Å². The van der Waals surface area contributed by atoms with Gasteiger partial charge in [-0.3, -0.25) is 9.78 Å². The summed E-state index contributed by atoms with van der Waals surface area (Å²) in [4.78, 5) is 27.0. The molecule has 0 aliphatic carbocycles. The number of nitrogens with two attached hydrogens (primary N) is 2. The van der Waals surface area contributed by atoms with Gasteiger partial charge in [-0.1, -0.05) is 36.4 Å². The van der Waals surface area contributed by atoms with Crippen molar-refractivity contribution in [3.05, 3.63) is 65.5 Å². The number of carbonyl (C=O) groups excluding carboxylic acids is 2. The van der Waals surface area contributed by atoms with Crippen LogP contribution in [-0.4, -0.2) is 35.6 Å². The predicted octanol–water partition coefficient (Wildman–Crippen LogP) is 2.07. The average Bonchev–Trinajstić information content (AvgIpc) is 2.74. The first-order valence-electron chi connectivity index (χ1n) is 9.60. The molecule has 0 aliphatic rings. The third-order valence-electron chi connectivity index (χ3n) is 4.44. The zero-order valence-electron chi connectivity index (χ0n) is 17.5. The summed E-state index contributed by atoms with van der Waals surface area (Å²) in [6, 6.07) is 13.4. The Labute approximate surface area is 195 Å². The molecule has 0 radical (unpaired) electrons. The first kappa shape index (κ1) is 28.6. The van der Waals surface area contributed by atoms with Crippen LogP contribution in [0, 0.1) is 0 Å². The number of pyridine rings is 1. The van der Waals surface area contributed by atoms with Crippen LogP contribution in [0.25, 0.3) is 0 Å². The number of aromatic nitrogens is 1. The lowest BCUT2D eigenvalue weighted by Gasteiger charge is -2.17. The number of hydrogen-bond donors (Lipinski definition) is 4. The lowest BCUT2D eigenvalue weighted by atomic mass is 10.1. The van der Waals surface area contributed by atoms with Crippen LogP contribution >= 0.6 is 24.8 Å². The van der Waals surface area contributed by atoms with Crippen LogP contribution in [0.5, 0.6) is 0 Å². The Morgan fingerprint density at radius 3 is 2.42 bits per heavy atom. The highest BCUT2D eigenvalue weighted by Gasteiger charge is 2.13. The minimum Gasteiger partial charge on any atom is -0.443 e. The monoisotopic (exact) mass is 471 g/mol. The third kappa shape index (κ3) is 11.5. The molecule has 8 nitrogen and oxygen atoms in total. The number of rotatable bonds is 11. The Balaban J connectivity index is 0.00000450. The van der Waals surface area contributed by atoms with Crippen LogP contribution < -0.4 is 22.1 Å². The number of nitrogens with one attached hydrogen (secondary N) is 2. The highest BCUT2D eigenvalue weighted by molar-refractivity contribution is 5.85. The van der Waals surface area contributed by atoms with E-state index in [0.717, 1.165) is 18.4 Å². The molecule has 2 unspecified atom stereocenters. The Morgan fingerprint density at radius 1 is 1.10 bits per heavy atom. The summed E-state index contributed by atoms with van der Waals surface area (Å²) in [5, 5.41) is 6.04. The SMILES string of the molecule is CC(NCC(N)CCc1ccccc1)C(=O)NCc1ccc(COC(N)=O)nc1.Cl.Cl. The molecular formula is C21H31Cl2N5O3. The van der Waals surface area contributed by atoms with Crippen molar-refractivity contribution in [1.82, 2.24) is 15.6 Å². The van der Waals surface area contributed by atoms with Gasteiger partial charge in [-0.05, 0) is 37.0 Å². The van der Waals surface area contributed by atoms with Crippen molar-refractivity contribution < 1.29 is 14.3 Å². The maximum Gasteiger partial charge on any atom is 0.404 e. The smallest absolute Gasteiger partial charge is 0.404 e. The molecule has 1 aromatic heterocycles. The van der Waals surface area contributed by atoms with Gasteiger partial charge in [0, 0.05) is 25.3 Å². The van der Waals surface area contributed by atoms with Gasteiger partial charge < -0.3 is 26.8 Å². The van der Waals surface area contributed by atoms with E-state index in [0.29, 0.717) is 18.8 Å². The Morgan fingerprint density at radius 2 is 1.81 bits per heavy atom. The second kappa shape index (κ2) is 15.4. The molecule has 1 aromatic carbocycles. The lowest BCUT2D eigenvalue weighted by molar-refractivity contribution is -0.122. The lowest BCUT2D eigenvalue weighted by Crippen LogP contribution is -2.46. The zero-order valence-corrected chi connectivity index (χ0v) is 19.1. The maximum atomic E-state index is 12.2. The number of nitrogens with zero attached hydrogens (tertiary/aromatic N) is 1. The average molecular weight is 472 g/mol. The Bertz CT molecular complexity index is 778. The van der Waals surface area contributed by atoms with Crippen molar-refractivity contribution >= 4 is 36.8 Å². The number of carbonyl (C=O) groups is 2. The topological polar surface area (TPSA) is 132 Å². The molecule has 0 spiro atoms. The Hall–Kier alpha value is -2.39. The quantitative estimate of drug-likeness (QED) is 0.396. The summed E-state index contributed by atoms with van der Waals surface area (Å²) in [6.45, 7) is 2.75. The van der Waals surface area contributed by atoms with Gasteiger partial charge in [-0.15, -0.1) is 24.8 Å². The fourth-order valence-corrected chi connectivity index (χ4v) is 2.65. The van der Waals surface area contributed by atoms with E-state index in [-0.39, 0.29) is 49.4 Å². The maximum absolute atomic E-state index is 12.2. The number of halogens is 2. The van der Waals surface area contributed by atoms with Gasteiger partial charge in [0.2, 0.25) is 5.91 Å². The molecule has 0 saturated carbocycles. The number of primary amides is 1. The first-order chi connectivity index (χ1) is 13.9. The second-order valence-corrected chi connectivity index (χ2v) is 6.90. The van der Waals surface area contributed by atoms with Gasteiger partial charge >= 0.3 is 6.09 Å². The molecule has 2 atom stereocenters. The molecule has 0 bridgehead atoms. The molecular weight excluding hydrogens is 441 g/mol. The predicted molar refractivity (Wildman–Crippen MR) is 125 cm³/mol. The van der Waals surface area contributed by atoms with Crippen molar-refractivity contribution in [1.29, 1.82) is 0 Å². The van der Waals surface area contributed by atoms with Crippen molar-refractivity contribution in [2.75, 3.05) is 6.54 Å². The van der Waals surface area contributed by atoms with Gasteiger partial charge in [0.15, 0.2) is 0 Å². The number of ether oxygens (including phenoxy) is 1. The highest BCUT2D eigenvalue weighted by atomic mass is 35.5. The van der Waals surface area contributed by atoms with Crippen LogP contribution in [0.4, 0.5) is 4.79 Å². The normalized spacial score (nSPS) is 11.9. The summed E-state index contributed by atoms with van der Waals surface area (Å²) in [6.07, 6.45) is 2.54. The van der Waals surface area contributed by atoms with Gasteiger partial charge in [-0.2, -0.15) is 0 Å². The summed E-state index contributed by atoms with van der Waals surface area (Å²) >= 11 is 0. The standard InChI is InChI=1S/C21H29N5O3.2ClH/c1-15(24-13-18(22)9-7-16-5-3-2-4-6-16)20(27)26-12-17-8-10-19(25-11-17)14-29-21(23)28;;/h2-6,8,10-11,15,18,24H,7,9,12-14,22H2,1H3,(H2,23,28)(H,26,27);2*1H. The molecule has 2 rings (SSSR count). The molecule has 31 heavy (non-hydrogen) atoms.